The Bertz CT molecular complexity index is 542. The summed E-state index contributed by atoms with van der Waals surface area (Å²) in [6.07, 6.45) is 0.299. The van der Waals surface area contributed by atoms with Crippen molar-refractivity contribution in [3.63, 3.8) is 0 Å². The Labute approximate surface area is 117 Å². The van der Waals surface area contributed by atoms with Crippen LogP contribution in [0, 0.1) is 0 Å². The number of nitrogens with zero attached hydrogens (tertiary/aromatic N) is 1. The molecule has 1 aromatic rings. The number of imide groups is 1. The molecule has 0 aliphatic carbocycles. The van der Waals surface area contributed by atoms with Crippen LogP contribution in [0.5, 0.6) is 0 Å². The molecular weight excluding hydrogens is 258 g/mol. The Kier molecular flexibility index (Phi) is 4.47. The standard InChI is InChI=1S/C14H17N3O3/c1-2-16-14(20)17-11-6-4-3-5-10(11)12(18)7-8-15-9-13(17)19/h3-6,15H,2,7-9H2,1H3,(H,16,20). The lowest BCUT2D eigenvalue weighted by Gasteiger charge is -2.22. The highest BCUT2D eigenvalue weighted by atomic mass is 16.2. The Morgan fingerprint density at radius 1 is 1.35 bits per heavy atom. The molecule has 6 heteroatoms. The van der Waals surface area contributed by atoms with Crippen LogP contribution in [0.2, 0.25) is 0 Å². The van der Waals surface area contributed by atoms with Crippen LogP contribution in [0.25, 0.3) is 0 Å². The molecular formula is C14H17N3O3. The minimum absolute atomic E-state index is 0.0265. The number of nitrogens with one attached hydrogen (secondary N) is 2. The fourth-order valence-electron chi connectivity index (χ4n) is 2.10. The van der Waals surface area contributed by atoms with Gasteiger partial charge in [-0.3, -0.25) is 9.59 Å². The molecule has 0 aromatic heterocycles. The van der Waals surface area contributed by atoms with Gasteiger partial charge in [-0.15, -0.1) is 0 Å². The van der Waals surface area contributed by atoms with Crippen LogP contribution in [0.15, 0.2) is 24.3 Å². The molecule has 2 N–H and O–H groups in total. The van der Waals surface area contributed by atoms with E-state index in [0.29, 0.717) is 30.8 Å². The van der Waals surface area contributed by atoms with Crippen molar-refractivity contribution < 1.29 is 14.4 Å². The zero-order valence-electron chi connectivity index (χ0n) is 11.3. The highest BCUT2D eigenvalue weighted by molar-refractivity contribution is 6.18. The predicted octanol–water partition coefficient (Wildman–Crippen LogP) is 0.925. The molecule has 0 fully saturated rings. The average molecular weight is 275 g/mol. The maximum atomic E-state index is 12.2. The number of hydrogen-bond acceptors (Lipinski definition) is 4. The number of para-hydroxylation sites is 1. The molecule has 2 rings (SSSR count). The minimum Gasteiger partial charge on any atom is -0.338 e. The molecule has 0 bridgehead atoms. The van der Waals surface area contributed by atoms with Crippen molar-refractivity contribution >= 4 is 23.4 Å². The highest BCUT2D eigenvalue weighted by Gasteiger charge is 2.27. The highest BCUT2D eigenvalue weighted by Crippen LogP contribution is 2.23. The average Bonchev–Trinajstić information content (AvgIpc) is 2.49. The summed E-state index contributed by atoms with van der Waals surface area (Å²) in [5.41, 5.74) is 0.743. The van der Waals surface area contributed by atoms with Crippen molar-refractivity contribution in [1.29, 1.82) is 0 Å². The van der Waals surface area contributed by atoms with Gasteiger partial charge in [0, 0.05) is 25.1 Å². The maximum Gasteiger partial charge on any atom is 0.328 e. The molecule has 0 saturated heterocycles. The first-order chi connectivity index (χ1) is 9.65. The summed E-state index contributed by atoms with van der Waals surface area (Å²) in [5, 5.41) is 5.47. The quantitative estimate of drug-likeness (QED) is 0.799. The molecule has 1 aliphatic rings. The molecule has 0 atom stereocenters. The van der Waals surface area contributed by atoms with Gasteiger partial charge < -0.3 is 10.6 Å². The van der Waals surface area contributed by atoms with E-state index in [1.807, 2.05) is 0 Å². The lowest BCUT2D eigenvalue weighted by Crippen LogP contribution is -2.47. The molecule has 6 nitrogen and oxygen atoms in total. The van der Waals surface area contributed by atoms with Gasteiger partial charge in [-0.25, -0.2) is 9.69 Å². The summed E-state index contributed by atoms with van der Waals surface area (Å²) in [6, 6.07) is 6.18. The van der Waals surface area contributed by atoms with Gasteiger partial charge in [0.2, 0.25) is 5.91 Å². The zero-order valence-corrected chi connectivity index (χ0v) is 11.3. The van der Waals surface area contributed by atoms with Gasteiger partial charge in [0.25, 0.3) is 0 Å². The normalized spacial score (nSPS) is 15.9. The van der Waals surface area contributed by atoms with Crippen LogP contribution in [0.4, 0.5) is 10.5 Å². The molecule has 0 spiro atoms. The second-order valence-electron chi connectivity index (χ2n) is 4.43. The number of ketones is 1. The number of amides is 3. The molecule has 0 saturated carbocycles. The maximum absolute atomic E-state index is 12.2. The molecule has 20 heavy (non-hydrogen) atoms. The fourth-order valence-corrected chi connectivity index (χ4v) is 2.10. The number of benzene rings is 1. The van der Waals surface area contributed by atoms with Gasteiger partial charge in [-0.1, -0.05) is 12.1 Å². The van der Waals surface area contributed by atoms with Crippen LogP contribution in [-0.4, -0.2) is 37.4 Å². The first kappa shape index (κ1) is 14.2. The number of Topliss-reactive ketones (excluding diaryl/α,β-unsaturated/α-hetero) is 1. The van der Waals surface area contributed by atoms with Crippen LogP contribution in [-0.2, 0) is 4.79 Å². The summed E-state index contributed by atoms with van der Waals surface area (Å²) < 4.78 is 0. The van der Waals surface area contributed by atoms with E-state index in [1.54, 1.807) is 31.2 Å². The van der Waals surface area contributed by atoms with Crippen LogP contribution < -0.4 is 15.5 Å². The van der Waals surface area contributed by atoms with Crippen molar-refractivity contribution in [3.8, 4) is 0 Å². The Morgan fingerprint density at radius 3 is 2.85 bits per heavy atom. The number of urea groups is 1. The predicted molar refractivity (Wildman–Crippen MR) is 74.8 cm³/mol. The lowest BCUT2D eigenvalue weighted by molar-refractivity contribution is -0.117. The number of hydrogen-bond donors (Lipinski definition) is 2. The number of fused-ring (bicyclic) bond motifs is 1. The summed E-state index contributed by atoms with van der Waals surface area (Å²) in [4.78, 5) is 37.5. The fraction of sp³-hybridized carbons (Fsp3) is 0.357. The van der Waals surface area contributed by atoms with Crippen LogP contribution in [0.1, 0.15) is 23.7 Å². The molecule has 1 heterocycles. The van der Waals surface area contributed by atoms with Crippen molar-refractivity contribution in [1.82, 2.24) is 10.6 Å². The Morgan fingerprint density at radius 2 is 2.10 bits per heavy atom. The van der Waals surface area contributed by atoms with Crippen molar-refractivity contribution in [2.24, 2.45) is 0 Å². The molecule has 1 aliphatic heterocycles. The third-order valence-electron chi connectivity index (χ3n) is 3.03. The van der Waals surface area contributed by atoms with Gasteiger partial charge in [-0.2, -0.15) is 0 Å². The largest absolute Gasteiger partial charge is 0.338 e. The number of carbonyl (C=O) groups excluding carboxylic acids is 3. The van der Waals surface area contributed by atoms with Crippen molar-refractivity contribution in [2.75, 3.05) is 24.5 Å². The smallest absolute Gasteiger partial charge is 0.328 e. The van der Waals surface area contributed by atoms with E-state index in [4.69, 9.17) is 0 Å². The second kappa shape index (κ2) is 6.29. The van der Waals surface area contributed by atoms with Crippen molar-refractivity contribution in [2.45, 2.75) is 13.3 Å². The van der Waals surface area contributed by atoms with E-state index in [0.717, 1.165) is 4.90 Å². The third kappa shape index (κ3) is 2.85. The number of anilines is 1. The van der Waals surface area contributed by atoms with Gasteiger partial charge in [0.05, 0.1) is 12.2 Å². The monoisotopic (exact) mass is 275 g/mol. The van der Waals surface area contributed by atoms with Crippen molar-refractivity contribution in [3.05, 3.63) is 29.8 Å². The molecule has 106 valence electrons. The van der Waals surface area contributed by atoms with E-state index in [2.05, 4.69) is 10.6 Å². The molecule has 0 radical (unpaired) electrons. The van der Waals surface area contributed by atoms with Gasteiger partial charge in [0.15, 0.2) is 5.78 Å². The zero-order chi connectivity index (χ0) is 14.5. The third-order valence-corrected chi connectivity index (χ3v) is 3.03. The van der Waals surface area contributed by atoms with E-state index < -0.39 is 6.03 Å². The van der Waals surface area contributed by atoms with E-state index in [1.165, 1.54) is 0 Å². The summed E-state index contributed by atoms with van der Waals surface area (Å²) in [7, 11) is 0. The lowest BCUT2D eigenvalue weighted by atomic mass is 10.1. The van der Waals surface area contributed by atoms with E-state index >= 15 is 0 Å². The van der Waals surface area contributed by atoms with E-state index in [9.17, 15) is 14.4 Å². The number of rotatable bonds is 1. The second-order valence-corrected chi connectivity index (χ2v) is 4.43. The topological polar surface area (TPSA) is 78.5 Å². The van der Waals surface area contributed by atoms with Gasteiger partial charge >= 0.3 is 6.03 Å². The molecule has 3 amide bonds. The Balaban J connectivity index is 2.49. The van der Waals surface area contributed by atoms with E-state index in [-0.39, 0.29) is 18.2 Å². The first-order valence-electron chi connectivity index (χ1n) is 6.59. The summed E-state index contributed by atoms with van der Waals surface area (Å²) >= 11 is 0. The van der Waals surface area contributed by atoms with Gasteiger partial charge in [-0.05, 0) is 19.1 Å². The molecule has 0 unspecified atom stereocenters. The number of carbonyl (C=O) groups is 3. The van der Waals surface area contributed by atoms with Crippen LogP contribution in [0.3, 0.4) is 0 Å². The first-order valence-corrected chi connectivity index (χ1v) is 6.59. The SMILES string of the molecule is CCNC(=O)N1C(=O)CNCCC(=O)c2ccccc21. The summed E-state index contributed by atoms with van der Waals surface area (Å²) in [6.45, 7) is 2.63. The summed E-state index contributed by atoms with van der Waals surface area (Å²) in [5.74, 6) is -0.463. The van der Waals surface area contributed by atoms with Crippen LogP contribution >= 0.6 is 0 Å². The Hall–Kier alpha value is -2.21. The minimum atomic E-state index is -0.513. The van der Waals surface area contributed by atoms with Gasteiger partial charge in [0.1, 0.15) is 0 Å². The molecule has 1 aromatic carbocycles.